The Labute approximate surface area is 102 Å². The third kappa shape index (κ3) is 2.72. The second-order valence-corrected chi connectivity index (χ2v) is 5.82. The number of hydrogen-bond donors (Lipinski definition) is 1. The lowest BCUT2D eigenvalue weighted by Crippen LogP contribution is -2.41. The number of nitrogens with zero attached hydrogens (tertiary/aromatic N) is 1. The summed E-state index contributed by atoms with van der Waals surface area (Å²) in [7, 11) is 1.75. The van der Waals surface area contributed by atoms with Gasteiger partial charge < -0.3 is 10.1 Å². The van der Waals surface area contributed by atoms with Crippen molar-refractivity contribution in [1.82, 2.24) is 5.32 Å². The molecule has 1 heterocycles. The zero-order chi connectivity index (χ0) is 11.4. The van der Waals surface area contributed by atoms with Gasteiger partial charge in [-0.25, -0.2) is 0 Å². The maximum Gasteiger partial charge on any atom is 0.157 e. The summed E-state index contributed by atoms with van der Waals surface area (Å²) in [6, 6.07) is 0.316. The Kier molecular flexibility index (Phi) is 4.14. The molecule has 2 fully saturated rings. The van der Waals surface area contributed by atoms with Gasteiger partial charge in [0, 0.05) is 18.4 Å². The van der Waals surface area contributed by atoms with E-state index in [0.717, 1.165) is 18.2 Å². The van der Waals surface area contributed by atoms with Crippen LogP contribution < -0.4 is 5.32 Å². The van der Waals surface area contributed by atoms with Gasteiger partial charge in [-0.15, -0.1) is 0 Å². The molecule has 2 rings (SSSR count). The van der Waals surface area contributed by atoms with Crippen LogP contribution in [0.5, 0.6) is 0 Å². The third-order valence-electron chi connectivity index (χ3n) is 3.55. The largest absolute Gasteiger partial charge is 0.382 e. The van der Waals surface area contributed by atoms with Gasteiger partial charge in [0.15, 0.2) is 5.17 Å². The van der Waals surface area contributed by atoms with E-state index in [1.807, 2.05) is 11.8 Å². The minimum atomic E-state index is 0.316. The van der Waals surface area contributed by atoms with Crippen LogP contribution in [0.1, 0.15) is 39.0 Å². The molecule has 1 aliphatic heterocycles. The standard InChI is InChI=1S/C12H22N2OS/c1-3-10(8-15-2)13-11-14-12(9-16-11)6-4-5-7-12/h10H,3-9H2,1-2H3,(H,13,14). The fourth-order valence-electron chi connectivity index (χ4n) is 2.50. The number of amidine groups is 1. The molecule has 0 radical (unpaired) electrons. The maximum absolute atomic E-state index is 5.18. The first-order chi connectivity index (χ1) is 7.78. The van der Waals surface area contributed by atoms with Crippen LogP contribution in [0.2, 0.25) is 0 Å². The highest BCUT2D eigenvalue weighted by molar-refractivity contribution is 8.14. The number of rotatable bonds is 4. The molecule has 1 atom stereocenters. The van der Waals surface area contributed by atoms with Crippen molar-refractivity contribution >= 4 is 16.9 Å². The third-order valence-corrected chi connectivity index (χ3v) is 4.73. The Morgan fingerprint density at radius 2 is 2.25 bits per heavy atom. The molecule has 1 unspecified atom stereocenters. The molecule has 92 valence electrons. The molecular formula is C12H22N2OS. The van der Waals surface area contributed by atoms with E-state index in [2.05, 4.69) is 12.2 Å². The van der Waals surface area contributed by atoms with Crippen molar-refractivity contribution in [3.63, 3.8) is 0 Å². The molecule has 1 aliphatic carbocycles. The molecule has 16 heavy (non-hydrogen) atoms. The van der Waals surface area contributed by atoms with Gasteiger partial charge in [0.1, 0.15) is 0 Å². The van der Waals surface area contributed by atoms with E-state index in [0.29, 0.717) is 11.6 Å². The Morgan fingerprint density at radius 1 is 1.50 bits per heavy atom. The molecule has 0 aromatic carbocycles. The summed E-state index contributed by atoms with van der Waals surface area (Å²) in [4.78, 5) is 4.75. The second kappa shape index (κ2) is 5.41. The lowest BCUT2D eigenvalue weighted by atomic mass is 10.0. The summed E-state index contributed by atoms with van der Waals surface area (Å²) in [6.07, 6.45) is 6.43. The van der Waals surface area contributed by atoms with E-state index >= 15 is 0 Å². The number of methoxy groups -OCH3 is 1. The second-order valence-electron chi connectivity index (χ2n) is 4.85. The first-order valence-electron chi connectivity index (χ1n) is 6.26. The smallest absolute Gasteiger partial charge is 0.157 e. The monoisotopic (exact) mass is 242 g/mol. The van der Waals surface area contributed by atoms with Crippen LogP contribution in [0.3, 0.4) is 0 Å². The lowest BCUT2D eigenvalue weighted by Gasteiger charge is -2.22. The number of ether oxygens (including phenoxy) is 1. The fourth-order valence-corrected chi connectivity index (χ4v) is 3.79. The summed E-state index contributed by atoms with van der Waals surface area (Å²) in [5.74, 6) is 1.20. The minimum absolute atomic E-state index is 0.316. The lowest BCUT2D eigenvalue weighted by molar-refractivity contribution is 0.179. The highest BCUT2D eigenvalue weighted by Gasteiger charge is 2.39. The number of hydrogen-bond acceptors (Lipinski definition) is 3. The van der Waals surface area contributed by atoms with Crippen LogP contribution in [-0.2, 0) is 4.74 Å². The van der Waals surface area contributed by atoms with Gasteiger partial charge in [-0.3, -0.25) is 4.99 Å². The summed E-state index contributed by atoms with van der Waals surface area (Å²) in [6.45, 7) is 2.90. The molecule has 0 aromatic heterocycles. The summed E-state index contributed by atoms with van der Waals surface area (Å²) >= 11 is 1.89. The molecule has 4 heteroatoms. The predicted molar refractivity (Wildman–Crippen MR) is 70.2 cm³/mol. The number of aliphatic imine (C=N–C) groups is 1. The van der Waals surface area contributed by atoms with Gasteiger partial charge >= 0.3 is 0 Å². The molecule has 1 spiro atoms. The topological polar surface area (TPSA) is 33.6 Å². The van der Waals surface area contributed by atoms with E-state index in [9.17, 15) is 0 Å². The van der Waals surface area contributed by atoms with Gasteiger partial charge in [0.25, 0.3) is 0 Å². The Bertz CT molecular complexity index is 262. The molecule has 0 amide bonds. The van der Waals surface area contributed by atoms with Crippen molar-refractivity contribution in [2.24, 2.45) is 4.99 Å². The van der Waals surface area contributed by atoms with Crippen LogP contribution in [-0.4, -0.2) is 36.2 Å². The number of nitrogens with one attached hydrogen (secondary N) is 1. The van der Waals surface area contributed by atoms with Crippen LogP contribution in [0.25, 0.3) is 0 Å². The molecule has 3 nitrogen and oxygen atoms in total. The van der Waals surface area contributed by atoms with Gasteiger partial charge in [-0.1, -0.05) is 31.5 Å². The average Bonchev–Trinajstić information content (AvgIpc) is 2.90. The van der Waals surface area contributed by atoms with Crippen LogP contribution in [0.15, 0.2) is 4.99 Å². The van der Waals surface area contributed by atoms with Gasteiger partial charge in [-0.05, 0) is 19.3 Å². The molecule has 1 saturated carbocycles. The Morgan fingerprint density at radius 3 is 2.88 bits per heavy atom. The van der Waals surface area contributed by atoms with Crippen LogP contribution in [0, 0.1) is 0 Å². The van der Waals surface area contributed by atoms with Crippen molar-refractivity contribution in [2.45, 2.75) is 50.6 Å². The predicted octanol–water partition coefficient (Wildman–Crippen LogP) is 2.42. The van der Waals surface area contributed by atoms with E-state index in [4.69, 9.17) is 9.73 Å². The van der Waals surface area contributed by atoms with E-state index in [1.165, 1.54) is 31.4 Å². The molecule has 2 aliphatic rings. The van der Waals surface area contributed by atoms with E-state index in [1.54, 1.807) is 7.11 Å². The highest BCUT2D eigenvalue weighted by Crippen LogP contribution is 2.37. The molecule has 1 saturated heterocycles. The first-order valence-corrected chi connectivity index (χ1v) is 7.24. The van der Waals surface area contributed by atoms with E-state index in [-0.39, 0.29) is 0 Å². The van der Waals surface area contributed by atoms with Gasteiger partial charge in [-0.2, -0.15) is 0 Å². The fraction of sp³-hybridized carbons (Fsp3) is 0.917. The van der Waals surface area contributed by atoms with Crippen molar-refractivity contribution in [1.29, 1.82) is 0 Å². The molecule has 0 aromatic rings. The normalized spacial score (nSPS) is 27.5. The molecule has 1 N–H and O–H groups in total. The molecular weight excluding hydrogens is 220 g/mol. The maximum atomic E-state index is 5.18. The van der Waals surface area contributed by atoms with Crippen molar-refractivity contribution in [2.75, 3.05) is 19.5 Å². The van der Waals surface area contributed by atoms with Crippen LogP contribution >= 0.6 is 11.8 Å². The zero-order valence-corrected chi connectivity index (χ0v) is 11.1. The van der Waals surface area contributed by atoms with Gasteiger partial charge in [0.05, 0.1) is 12.6 Å². The summed E-state index contributed by atoms with van der Waals surface area (Å²) in [5, 5.41) is 4.79. The highest BCUT2D eigenvalue weighted by atomic mass is 32.2. The SMILES string of the molecule is CCC(COC)N=C1NC2(CCCC2)CS1. The number of thioether (sulfide) groups is 1. The first kappa shape index (κ1) is 12.2. The Balaban J connectivity index is 1.93. The quantitative estimate of drug-likeness (QED) is 0.822. The van der Waals surface area contributed by atoms with Gasteiger partial charge in [0.2, 0.25) is 0 Å². The van der Waals surface area contributed by atoms with Crippen molar-refractivity contribution in [3.05, 3.63) is 0 Å². The van der Waals surface area contributed by atoms with E-state index < -0.39 is 0 Å². The Hall–Kier alpha value is -0.220. The summed E-state index contributed by atoms with van der Waals surface area (Å²) in [5.41, 5.74) is 0.384. The molecule has 0 bridgehead atoms. The average molecular weight is 242 g/mol. The van der Waals surface area contributed by atoms with Crippen molar-refractivity contribution < 1.29 is 4.74 Å². The summed E-state index contributed by atoms with van der Waals surface area (Å²) < 4.78 is 5.18. The zero-order valence-electron chi connectivity index (χ0n) is 10.3. The minimum Gasteiger partial charge on any atom is -0.382 e. The van der Waals surface area contributed by atoms with Crippen LogP contribution in [0.4, 0.5) is 0 Å². The van der Waals surface area contributed by atoms with Crippen molar-refractivity contribution in [3.8, 4) is 0 Å².